The highest BCUT2D eigenvalue weighted by molar-refractivity contribution is 7.09. The molecule has 0 saturated heterocycles. The summed E-state index contributed by atoms with van der Waals surface area (Å²) < 4.78 is 0. The molecule has 2 heterocycles. The van der Waals surface area contributed by atoms with Crippen LogP contribution in [0.1, 0.15) is 21.9 Å². The Morgan fingerprint density at radius 1 is 0.906 bits per heavy atom. The first kappa shape index (κ1) is 21.3. The number of nitrogens with two attached hydrogens (primary N) is 1. The number of amides is 1. The highest BCUT2D eigenvalue weighted by atomic mass is 32.1. The number of nitrogen functional groups attached to an aromatic ring is 1. The van der Waals surface area contributed by atoms with Gasteiger partial charge in [0.25, 0.3) is 0 Å². The lowest BCUT2D eigenvalue weighted by molar-refractivity contribution is -0.121. The maximum absolute atomic E-state index is 13.1. The third-order valence-corrected chi connectivity index (χ3v) is 5.90. The van der Waals surface area contributed by atoms with Crippen LogP contribution >= 0.6 is 11.3 Å². The number of hydrogen-bond acceptors (Lipinski definition) is 7. The molecular weight excluding hydrogens is 420 g/mol. The van der Waals surface area contributed by atoms with Crippen molar-refractivity contribution in [1.29, 1.82) is 0 Å². The Labute approximate surface area is 190 Å². The van der Waals surface area contributed by atoms with E-state index in [2.05, 4.69) is 37.6 Å². The molecule has 32 heavy (non-hydrogen) atoms. The number of carbonyl (C=O) groups excluding carboxylic acids is 1. The Hall–Kier alpha value is -3.91. The zero-order valence-electron chi connectivity index (χ0n) is 17.4. The fraction of sp³-hybridized carbons (Fsp3) is 0.125. The second-order valence-electron chi connectivity index (χ2n) is 7.11. The van der Waals surface area contributed by atoms with Gasteiger partial charge in [-0.2, -0.15) is 0 Å². The smallest absolute Gasteiger partial charge is 0.250 e. The van der Waals surface area contributed by atoms with Gasteiger partial charge in [-0.3, -0.25) is 15.6 Å². The zero-order valence-corrected chi connectivity index (χ0v) is 18.2. The van der Waals surface area contributed by atoms with Crippen molar-refractivity contribution in [1.82, 2.24) is 15.4 Å². The minimum Gasteiger partial charge on any atom is -0.393 e. The maximum Gasteiger partial charge on any atom is 0.250 e. The summed E-state index contributed by atoms with van der Waals surface area (Å²) in [7, 11) is 0. The van der Waals surface area contributed by atoms with E-state index in [4.69, 9.17) is 5.73 Å². The van der Waals surface area contributed by atoms with Crippen molar-refractivity contribution in [2.75, 3.05) is 23.0 Å². The maximum atomic E-state index is 13.1. The molecule has 0 aliphatic rings. The molecule has 0 saturated carbocycles. The van der Waals surface area contributed by atoms with Gasteiger partial charge in [-0.15, -0.1) is 11.3 Å². The van der Waals surface area contributed by atoms with Crippen molar-refractivity contribution in [3.05, 3.63) is 101 Å². The summed E-state index contributed by atoms with van der Waals surface area (Å²) in [6.45, 7) is 0.692. The molecule has 0 radical (unpaired) electrons. The number of anilines is 3. The van der Waals surface area contributed by atoms with Gasteiger partial charge in [-0.25, -0.2) is 9.97 Å². The van der Waals surface area contributed by atoms with E-state index in [0.29, 0.717) is 23.9 Å². The monoisotopic (exact) mass is 444 g/mol. The first-order chi connectivity index (χ1) is 15.7. The van der Waals surface area contributed by atoms with E-state index in [1.165, 1.54) is 11.2 Å². The summed E-state index contributed by atoms with van der Waals surface area (Å²) in [5.74, 6) is 0.173. The van der Waals surface area contributed by atoms with Crippen molar-refractivity contribution in [3.8, 4) is 0 Å². The van der Waals surface area contributed by atoms with E-state index in [9.17, 15) is 4.79 Å². The number of benzene rings is 2. The fourth-order valence-electron chi connectivity index (χ4n) is 3.37. The van der Waals surface area contributed by atoms with Crippen molar-refractivity contribution in [2.24, 2.45) is 0 Å². The van der Waals surface area contributed by atoms with Crippen LogP contribution in [0.3, 0.4) is 0 Å². The van der Waals surface area contributed by atoms with Gasteiger partial charge in [0.05, 0.1) is 5.92 Å². The molecule has 8 heteroatoms. The van der Waals surface area contributed by atoms with E-state index < -0.39 is 5.92 Å². The lowest BCUT2D eigenvalue weighted by atomic mass is 9.91. The topological polar surface area (TPSA) is 105 Å². The Balaban J connectivity index is 1.44. The summed E-state index contributed by atoms with van der Waals surface area (Å²) >= 11 is 1.71. The van der Waals surface area contributed by atoms with Gasteiger partial charge in [-0.05, 0) is 29.0 Å². The fourth-order valence-corrected chi connectivity index (χ4v) is 4.08. The van der Waals surface area contributed by atoms with Gasteiger partial charge in [0.15, 0.2) is 11.6 Å². The average Bonchev–Trinajstić information content (AvgIpc) is 3.35. The van der Waals surface area contributed by atoms with Crippen LogP contribution in [0.2, 0.25) is 0 Å². The Morgan fingerprint density at radius 3 is 2.19 bits per heavy atom. The van der Waals surface area contributed by atoms with Crippen molar-refractivity contribution >= 4 is 34.6 Å². The van der Waals surface area contributed by atoms with E-state index in [-0.39, 0.29) is 5.91 Å². The minimum absolute atomic E-state index is 0.215. The second-order valence-corrected chi connectivity index (χ2v) is 8.14. The molecule has 0 bridgehead atoms. The van der Waals surface area contributed by atoms with Gasteiger partial charge in [-0.1, -0.05) is 66.7 Å². The average molecular weight is 445 g/mol. The lowest BCUT2D eigenvalue weighted by Crippen LogP contribution is -2.35. The van der Waals surface area contributed by atoms with Gasteiger partial charge in [0, 0.05) is 11.4 Å². The molecule has 162 valence electrons. The third-order valence-electron chi connectivity index (χ3n) is 4.96. The van der Waals surface area contributed by atoms with E-state index in [1.54, 1.807) is 11.3 Å². The van der Waals surface area contributed by atoms with E-state index >= 15 is 0 Å². The SMILES string of the molecule is Nc1c(NCCc2cccs2)ncnc1NNC(=O)C(c1ccccc1)c1ccccc1. The molecule has 0 spiro atoms. The van der Waals surface area contributed by atoms with Crippen LogP contribution in [0.25, 0.3) is 0 Å². The number of thiophene rings is 1. The number of nitrogens with one attached hydrogen (secondary N) is 3. The molecule has 1 amide bonds. The number of rotatable bonds is 9. The van der Waals surface area contributed by atoms with Crippen LogP contribution in [0.4, 0.5) is 17.3 Å². The van der Waals surface area contributed by atoms with Crippen LogP contribution in [0.5, 0.6) is 0 Å². The summed E-state index contributed by atoms with van der Waals surface area (Å²) in [6, 6.07) is 23.4. The third kappa shape index (κ3) is 5.22. The van der Waals surface area contributed by atoms with Crippen molar-refractivity contribution < 1.29 is 4.79 Å². The van der Waals surface area contributed by atoms with Crippen LogP contribution in [-0.4, -0.2) is 22.4 Å². The molecule has 0 unspecified atom stereocenters. The van der Waals surface area contributed by atoms with Crippen LogP contribution in [0.15, 0.2) is 84.5 Å². The van der Waals surface area contributed by atoms with E-state index in [1.807, 2.05) is 66.7 Å². The number of hydrogen-bond donors (Lipinski definition) is 4. The molecule has 5 N–H and O–H groups in total. The Kier molecular flexibility index (Phi) is 6.94. The van der Waals surface area contributed by atoms with E-state index in [0.717, 1.165) is 17.5 Å². The highest BCUT2D eigenvalue weighted by Gasteiger charge is 2.23. The molecule has 0 aliphatic carbocycles. The lowest BCUT2D eigenvalue weighted by Gasteiger charge is -2.19. The number of aromatic nitrogens is 2. The Bertz CT molecular complexity index is 1100. The van der Waals surface area contributed by atoms with Crippen LogP contribution in [-0.2, 0) is 11.2 Å². The first-order valence-electron chi connectivity index (χ1n) is 10.2. The second kappa shape index (κ2) is 10.4. The predicted octanol–water partition coefficient (Wildman–Crippen LogP) is 4.05. The molecule has 7 nitrogen and oxygen atoms in total. The summed E-state index contributed by atoms with van der Waals surface area (Å²) in [4.78, 5) is 22.8. The largest absolute Gasteiger partial charge is 0.393 e. The molecule has 4 rings (SSSR count). The van der Waals surface area contributed by atoms with Crippen molar-refractivity contribution in [2.45, 2.75) is 12.3 Å². The summed E-state index contributed by atoms with van der Waals surface area (Å²) in [6.07, 6.45) is 2.28. The van der Waals surface area contributed by atoms with Gasteiger partial charge >= 0.3 is 0 Å². The van der Waals surface area contributed by atoms with Gasteiger partial charge in [0.2, 0.25) is 5.91 Å². The molecule has 4 aromatic rings. The molecule has 2 aromatic heterocycles. The van der Waals surface area contributed by atoms with Crippen LogP contribution in [0, 0.1) is 0 Å². The number of nitrogens with zero attached hydrogens (tertiary/aromatic N) is 2. The highest BCUT2D eigenvalue weighted by Crippen LogP contribution is 2.26. The van der Waals surface area contributed by atoms with Crippen molar-refractivity contribution in [3.63, 3.8) is 0 Å². The first-order valence-corrected chi connectivity index (χ1v) is 11.1. The number of hydrazine groups is 1. The summed E-state index contributed by atoms with van der Waals surface area (Å²) in [5.41, 5.74) is 14.0. The molecular formula is C24H24N6OS. The molecule has 0 fully saturated rings. The predicted molar refractivity (Wildman–Crippen MR) is 129 cm³/mol. The number of carbonyl (C=O) groups is 1. The van der Waals surface area contributed by atoms with Crippen LogP contribution < -0.4 is 21.9 Å². The quantitative estimate of drug-likeness (QED) is 0.290. The van der Waals surface area contributed by atoms with Gasteiger partial charge in [0.1, 0.15) is 12.0 Å². The van der Waals surface area contributed by atoms with Gasteiger partial charge < -0.3 is 11.1 Å². The normalized spacial score (nSPS) is 10.7. The summed E-state index contributed by atoms with van der Waals surface area (Å²) in [5, 5.41) is 5.28. The molecule has 2 aromatic carbocycles. The Morgan fingerprint density at radius 2 is 1.56 bits per heavy atom. The molecule has 0 aliphatic heterocycles. The molecule has 0 atom stereocenters. The standard InChI is InChI=1S/C24H24N6OS/c25-21-22(26-14-13-19-12-7-15-32-19)27-16-28-23(21)29-30-24(31)20(17-8-3-1-4-9-17)18-10-5-2-6-11-18/h1-12,15-16,20H,13-14,25H2,(H,30,31)(H2,26,27,28,29). The minimum atomic E-state index is -0.476. The zero-order chi connectivity index (χ0) is 22.2.